The van der Waals surface area contributed by atoms with Crippen LogP contribution >= 0.6 is 15.9 Å². The molecular formula is C16H23BrN2O. The number of halogens is 1. The standard InChI is InChI=1S/C16H23BrN2O/c1-8(2)12(7-18)15(19)13-11(5)14(17)9(3)10(4)16(13)20-6/h8,12,15H,19H2,1-6H3. The molecule has 110 valence electrons. The Morgan fingerprint density at radius 3 is 2.10 bits per heavy atom. The maximum absolute atomic E-state index is 9.39. The van der Waals surface area contributed by atoms with Crippen molar-refractivity contribution < 1.29 is 4.74 Å². The molecule has 1 aromatic carbocycles. The number of ether oxygens (including phenoxy) is 1. The molecule has 0 aromatic heterocycles. The lowest BCUT2D eigenvalue weighted by Crippen LogP contribution is -2.26. The summed E-state index contributed by atoms with van der Waals surface area (Å²) in [5, 5.41) is 9.39. The van der Waals surface area contributed by atoms with Crippen molar-refractivity contribution in [3.8, 4) is 11.8 Å². The SMILES string of the molecule is COc1c(C)c(C)c(Br)c(C)c1C(N)C(C#N)C(C)C. The summed E-state index contributed by atoms with van der Waals surface area (Å²) in [4.78, 5) is 0. The Labute approximate surface area is 130 Å². The molecule has 2 unspecified atom stereocenters. The Morgan fingerprint density at radius 2 is 1.70 bits per heavy atom. The van der Waals surface area contributed by atoms with Gasteiger partial charge in [-0.25, -0.2) is 0 Å². The van der Waals surface area contributed by atoms with E-state index in [2.05, 4.69) is 28.9 Å². The van der Waals surface area contributed by atoms with Crippen molar-refractivity contribution in [2.24, 2.45) is 17.6 Å². The Morgan fingerprint density at radius 1 is 1.15 bits per heavy atom. The number of hydrogen-bond donors (Lipinski definition) is 1. The van der Waals surface area contributed by atoms with Gasteiger partial charge in [-0.1, -0.05) is 29.8 Å². The van der Waals surface area contributed by atoms with Gasteiger partial charge in [0.15, 0.2) is 0 Å². The summed E-state index contributed by atoms with van der Waals surface area (Å²) in [5.41, 5.74) is 10.6. The number of nitriles is 1. The van der Waals surface area contributed by atoms with Gasteiger partial charge in [-0.3, -0.25) is 0 Å². The fourth-order valence-electron chi connectivity index (χ4n) is 2.59. The van der Waals surface area contributed by atoms with E-state index >= 15 is 0 Å². The summed E-state index contributed by atoms with van der Waals surface area (Å²) >= 11 is 3.63. The van der Waals surface area contributed by atoms with Crippen LogP contribution in [0.1, 0.15) is 42.1 Å². The third-order valence-electron chi connectivity index (χ3n) is 4.00. The van der Waals surface area contributed by atoms with Crippen LogP contribution in [0.15, 0.2) is 4.47 Å². The minimum atomic E-state index is -0.356. The second kappa shape index (κ2) is 6.60. The molecule has 0 spiro atoms. The van der Waals surface area contributed by atoms with E-state index in [1.54, 1.807) is 7.11 Å². The van der Waals surface area contributed by atoms with Crippen molar-refractivity contribution in [1.82, 2.24) is 0 Å². The first-order valence-electron chi connectivity index (χ1n) is 6.76. The molecule has 1 rings (SSSR count). The Balaban J connectivity index is 3.56. The second-order valence-corrected chi connectivity index (χ2v) is 6.35. The highest BCUT2D eigenvalue weighted by Crippen LogP contribution is 2.41. The number of nitrogens with zero attached hydrogens (tertiary/aromatic N) is 1. The van der Waals surface area contributed by atoms with Gasteiger partial charge in [0, 0.05) is 16.1 Å². The van der Waals surface area contributed by atoms with Crippen LogP contribution < -0.4 is 10.5 Å². The molecule has 4 heteroatoms. The van der Waals surface area contributed by atoms with E-state index in [1.807, 2.05) is 27.7 Å². The van der Waals surface area contributed by atoms with E-state index in [0.29, 0.717) is 0 Å². The largest absolute Gasteiger partial charge is 0.496 e. The third kappa shape index (κ3) is 2.84. The zero-order valence-electron chi connectivity index (χ0n) is 13.0. The van der Waals surface area contributed by atoms with Crippen molar-refractivity contribution in [2.75, 3.05) is 7.11 Å². The number of methoxy groups -OCH3 is 1. The van der Waals surface area contributed by atoms with E-state index in [-0.39, 0.29) is 17.9 Å². The maximum Gasteiger partial charge on any atom is 0.127 e. The summed E-state index contributed by atoms with van der Waals surface area (Å²) in [5.74, 6) is 0.757. The summed E-state index contributed by atoms with van der Waals surface area (Å²) < 4.78 is 6.62. The van der Waals surface area contributed by atoms with Crippen molar-refractivity contribution in [2.45, 2.75) is 40.7 Å². The van der Waals surface area contributed by atoms with Crippen LogP contribution in [0.4, 0.5) is 0 Å². The molecule has 0 heterocycles. The van der Waals surface area contributed by atoms with Gasteiger partial charge in [0.25, 0.3) is 0 Å². The fraction of sp³-hybridized carbons (Fsp3) is 0.562. The van der Waals surface area contributed by atoms with Crippen LogP contribution in [0, 0.1) is 43.9 Å². The summed E-state index contributed by atoms with van der Waals surface area (Å²) in [6.45, 7) is 10.1. The topological polar surface area (TPSA) is 59.0 Å². The lowest BCUT2D eigenvalue weighted by atomic mass is 9.83. The smallest absolute Gasteiger partial charge is 0.127 e. The zero-order chi connectivity index (χ0) is 15.6. The van der Waals surface area contributed by atoms with E-state index in [4.69, 9.17) is 10.5 Å². The number of rotatable bonds is 4. The van der Waals surface area contributed by atoms with Crippen LogP contribution in [0.25, 0.3) is 0 Å². The molecule has 2 atom stereocenters. The van der Waals surface area contributed by atoms with Crippen molar-refractivity contribution in [3.63, 3.8) is 0 Å². The molecule has 0 aliphatic carbocycles. The van der Waals surface area contributed by atoms with E-state index in [0.717, 1.165) is 32.5 Å². The van der Waals surface area contributed by atoms with Gasteiger partial charge in [-0.15, -0.1) is 0 Å². The molecule has 0 bridgehead atoms. The lowest BCUT2D eigenvalue weighted by molar-refractivity contribution is 0.369. The van der Waals surface area contributed by atoms with Gasteiger partial charge >= 0.3 is 0 Å². The van der Waals surface area contributed by atoms with Crippen molar-refractivity contribution >= 4 is 15.9 Å². The van der Waals surface area contributed by atoms with Crippen molar-refractivity contribution in [3.05, 3.63) is 26.7 Å². The molecule has 0 aliphatic heterocycles. The van der Waals surface area contributed by atoms with Gasteiger partial charge in [-0.2, -0.15) is 5.26 Å². The average Bonchev–Trinajstić information content (AvgIpc) is 2.40. The molecule has 0 aliphatic rings. The lowest BCUT2D eigenvalue weighted by Gasteiger charge is -2.27. The molecule has 0 radical (unpaired) electrons. The zero-order valence-corrected chi connectivity index (χ0v) is 14.6. The molecule has 0 saturated heterocycles. The summed E-state index contributed by atoms with van der Waals surface area (Å²) in [7, 11) is 1.65. The predicted molar refractivity (Wildman–Crippen MR) is 85.8 cm³/mol. The number of hydrogen-bond acceptors (Lipinski definition) is 3. The third-order valence-corrected chi connectivity index (χ3v) is 5.19. The van der Waals surface area contributed by atoms with Crippen LogP contribution in [-0.2, 0) is 0 Å². The van der Waals surface area contributed by atoms with Crippen molar-refractivity contribution in [1.29, 1.82) is 5.26 Å². The normalized spacial score (nSPS) is 14.0. The molecular weight excluding hydrogens is 316 g/mol. The first kappa shape index (κ1) is 17.0. The minimum Gasteiger partial charge on any atom is -0.496 e. The van der Waals surface area contributed by atoms with Crippen LogP contribution in [0.2, 0.25) is 0 Å². The van der Waals surface area contributed by atoms with Gasteiger partial charge in [0.05, 0.1) is 19.1 Å². The van der Waals surface area contributed by atoms with Gasteiger partial charge < -0.3 is 10.5 Å². The van der Waals surface area contributed by atoms with E-state index in [9.17, 15) is 5.26 Å². The molecule has 3 nitrogen and oxygen atoms in total. The molecule has 2 N–H and O–H groups in total. The van der Waals surface area contributed by atoms with Crippen LogP contribution in [0.3, 0.4) is 0 Å². The highest BCUT2D eigenvalue weighted by atomic mass is 79.9. The first-order valence-corrected chi connectivity index (χ1v) is 7.55. The van der Waals surface area contributed by atoms with Crippen LogP contribution in [-0.4, -0.2) is 7.11 Å². The minimum absolute atomic E-state index is 0.194. The molecule has 0 fully saturated rings. The summed E-state index contributed by atoms with van der Waals surface area (Å²) in [6.07, 6.45) is 0. The van der Waals surface area contributed by atoms with Gasteiger partial charge in [0.2, 0.25) is 0 Å². The molecule has 0 amide bonds. The Bertz CT molecular complexity index is 547. The maximum atomic E-state index is 9.39. The number of benzene rings is 1. The number of nitrogens with two attached hydrogens (primary N) is 1. The van der Waals surface area contributed by atoms with E-state index in [1.165, 1.54) is 0 Å². The second-order valence-electron chi connectivity index (χ2n) is 5.56. The molecule has 1 aromatic rings. The quantitative estimate of drug-likeness (QED) is 0.895. The Hall–Kier alpha value is -1.05. The predicted octanol–water partition coefficient (Wildman–Crippen LogP) is 4.18. The molecule has 20 heavy (non-hydrogen) atoms. The fourth-order valence-corrected chi connectivity index (χ4v) is 3.11. The first-order chi connectivity index (χ1) is 9.27. The highest BCUT2D eigenvalue weighted by Gasteiger charge is 2.29. The van der Waals surface area contributed by atoms with Gasteiger partial charge in [0.1, 0.15) is 5.75 Å². The van der Waals surface area contributed by atoms with E-state index < -0.39 is 0 Å². The Kier molecular flexibility index (Phi) is 5.61. The monoisotopic (exact) mass is 338 g/mol. The highest BCUT2D eigenvalue weighted by molar-refractivity contribution is 9.10. The summed E-state index contributed by atoms with van der Waals surface area (Å²) in [6, 6.07) is 1.98. The van der Waals surface area contributed by atoms with Crippen LogP contribution in [0.5, 0.6) is 5.75 Å². The molecule has 0 saturated carbocycles. The van der Waals surface area contributed by atoms with Gasteiger partial charge in [-0.05, 0) is 43.4 Å². The average molecular weight is 339 g/mol.